The van der Waals surface area contributed by atoms with Gasteiger partial charge in [-0.3, -0.25) is 4.79 Å². The number of hydrogen-bond donors (Lipinski definition) is 2. The molecule has 67 heavy (non-hydrogen) atoms. The quantitative estimate of drug-likeness (QED) is 0.0420. The molecule has 3 aromatic rings. The van der Waals surface area contributed by atoms with E-state index in [1.165, 1.54) is 38.5 Å². The van der Waals surface area contributed by atoms with Gasteiger partial charge in [0.2, 0.25) is 18.0 Å². The van der Waals surface area contributed by atoms with Crippen LogP contribution in [0.1, 0.15) is 160 Å². The number of carbonyl (C=O) groups excluding carboxylic acids is 1. The third-order valence-corrected chi connectivity index (χ3v) is 14.7. The summed E-state index contributed by atoms with van der Waals surface area (Å²) >= 11 is 0. The molecule has 3 aromatic carbocycles. The minimum atomic E-state index is -1.28. The zero-order valence-electron chi connectivity index (χ0n) is 40.7. The van der Waals surface area contributed by atoms with Gasteiger partial charge < -0.3 is 38.9 Å². The maximum absolute atomic E-state index is 14.9. The second-order valence-electron chi connectivity index (χ2n) is 19.5. The van der Waals surface area contributed by atoms with Crippen molar-refractivity contribution in [2.24, 2.45) is 22.9 Å². The molecule has 366 valence electrons. The Morgan fingerprint density at radius 3 is 2.31 bits per heavy atom. The number of aliphatic hydroxyl groups is 2. The number of fused-ring (bicyclic) bond motifs is 3. The highest BCUT2D eigenvalue weighted by atomic mass is 16.8. The molecular weight excluding hydrogens is 841 g/mol. The molecule has 7 rings (SSSR count). The van der Waals surface area contributed by atoms with Gasteiger partial charge in [-0.15, -0.1) is 6.58 Å². The van der Waals surface area contributed by atoms with Crippen LogP contribution in [0.15, 0.2) is 90.1 Å². The highest BCUT2D eigenvalue weighted by Crippen LogP contribution is 2.62. The van der Waals surface area contributed by atoms with E-state index in [4.69, 9.17) is 28.9 Å². The van der Waals surface area contributed by atoms with Crippen LogP contribution in [-0.4, -0.2) is 77.8 Å². The second-order valence-corrected chi connectivity index (χ2v) is 19.5. The molecule has 0 spiro atoms. The molecule has 2 fully saturated rings. The summed E-state index contributed by atoms with van der Waals surface area (Å²) < 4.78 is 27.5. The Labute approximate surface area is 401 Å². The van der Waals surface area contributed by atoms with E-state index >= 15 is 0 Å². The zero-order chi connectivity index (χ0) is 46.9. The lowest BCUT2D eigenvalue weighted by molar-refractivity contribution is -0.257. The Balaban J connectivity index is 1.33. The first-order valence-electron chi connectivity index (χ1n) is 26.3. The van der Waals surface area contributed by atoms with Crippen LogP contribution < -0.4 is 9.47 Å². The Hall–Kier alpha value is -4.22. The molecule has 2 aliphatic heterocycles. The van der Waals surface area contributed by atoms with Crippen molar-refractivity contribution in [1.82, 2.24) is 4.90 Å². The molecule has 10 heteroatoms. The van der Waals surface area contributed by atoms with Crippen LogP contribution in [-0.2, 0) is 19.1 Å². The topological polar surface area (TPSA) is 119 Å². The highest BCUT2D eigenvalue weighted by Gasteiger charge is 2.65. The summed E-state index contributed by atoms with van der Waals surface area (Å²) in [6.45, 7) is 10.2. The van der Waals surface area contributed by atoms with Crippen molar-refractivity contribution in [2.75, 3.05) is 33.0 Å². The van der Waals surface area contributed by atoms with Crippen molar-refractivity contribution in [1.29, 1.82) is 0 Å². The molecule has 2 aliphatic carbocycles. The number of nitrogens with zero attached hydrogens (tertiary/aromatic N) is 2. The molecular formula is C57H80N2O8. The maximum Gasteiger partial charge on any atom is 0.239 e. The second kappa shape index (κ2) is 26.0. The summed E-state index contributed by atoms with van der Waals surface area (Å²) in [5, 5.41) is 27.4. The number of hydrogen-bond acceptors (Lipinski definition) is 9. The lowest BCUT2D eigenvalue weighted by atomic mass is 9.55. The Bertz CT molecular complexity index is 2080. The molecule has 2 heterocycles. The van der Waals surface area contributed by atoms with Crippen LogP contribution in [0.4, 0.5) is 0 Å². The summed E-state index contributed by atoms with van der Waals surface area (Å²) in [7, 11) is 0. The van der Waals surface area contributed by atoms with E-state index in [1.807, 2.05) is 30.3 Å². The lowest BCUT2D eigenvalue weighted by Crippen LogP contribution is -2.70. The van der Waals surface area contributed by atoms with Gasteiger partial charge in [-0.1, -0.05) is 126 Å². The number of amides is 1. The van der Waals surface area contributed by atoms with Crippen LogP contribution in [0, 0.1) is 17.8 Å². The number of oxime groups is 1. The molecule has 1 amide bonds. The summed E-state index contributed by atoms with van der Waals surface area (Å²) in [6.07, 6.45) is 23.7. The third kappa shape index (κ3) is 12.7. The van der Waals surface area contributed by atoms with E-state index in [9.17, 15) is 15.0 Å². The zero-order valence-corrected chi connectivity index (χ0v) is 40.7. The fraction of sp³-hybridized carbons (Fsp3) is 0.614. The largest absolute Gasteiger partial charge is 0.459 e. The van der Waals surface area contributed by atoms with Crippen molar-refractivity contribution < 1.29 is 38.8 Å². The number of unbranched alkanes of at least 4 members (excludes halogenated alkanes) is 10. The smallest absolute Gasteiger partial charge is 0.239 e. The van der Waals surface area contributed by atoms with Gasteiger partial charge in [0.05, 0.1) is 24.8 Å². The monoisotopic (exact) mass is 921 g/mol. The number of allylic oxidation sites excluding steroid dienone is 1. The van der Waals surface area contributed by atoms with E-state index < -0.39 is 18.1 Å². The fourth-order valence-corrected chi connectivity index (χ4v) is 11.4. The van der Waals surface area contributed by atoms with E-state index in [0.717, 1.165) is 110 Å². The first-order valence-corrected chi connectivity index (χ1v) is 26.3. The number of benzene rings is 3. The van der Waals surface area contributed by atoms with Gasteiger partial charge in [-0.05, 0) is 110 Å². The average Bonchev–Trinajstić information content (AvgIpc) is 3.35. The SMILES string of the molecule is C=CCO[C@@]12Oc3ccc(Oc4ccc5ccccc5c4)cc3[C@H]3[C@H](CCCCO)[C@@H](CCCCO)C=C(C(=NOC4CCCCO4)C[C@@H]1N(CCC)C(=O)CCCCCCCCCCC)[C@H]32. The fourth-order valence-electron chi connectivity index (χ4n) is 11.4. The minimum Gasteiger partial charge on any atom is -0.459 e. The Morgan fingerprint density at radius 2 is 1.58 bits per heavy atom. The maximum atomic E-state index is 14.9. The van der Waals surface area contributed by atoms with Gasteiger partial charge in [-0.25, -0.2) is 0 Å². The predicted molar refractivity (Wildman–Crippen MR) is 268 cm³/mol. The van der Waals surface area contributed by atoms with Crippen LogP contribution in [0.25, 0.3) is 10.8 Å². The summed E-state index contributed by atoms with van der Waals surface area (Å²) in [4.78, 5) is 23.3. The number of rotatable bonds is 28. The summed E-state index contributed by atoms with van der Waals surface area (Å²) in [6, 6.07) is 20.1. The van der Waals surface area contributed by atoms with Crippen molar-refractivity contribution in [3.05, 3.63) is 90.5 Å². The van der Waals surface area contributed by atoms with Crippen molar-refractivity contribution in [3.63, 3.8) is 0 Å². The van der Waals surface area contributed by atoms with E-state index in [0.29, 0.717) is 44.6 Å². The van der Waals surface area contributed by atoms with E-state index in [-0.39, 0.29) is 49.4 Å². The standard InChI is InChI=1S/C57H80N2O8/c1-4-7-8-9-10-11-12-13-14-27-53(62)59(33-5-2)52-41-50(58-67-54-28-19-22-37-63-54)48-39-44(25-17-20-34-60)47(26-18-21-35-61)55-49-40-46(65-45-30-29-42-23-15-16-24-43(42)38-45)31-32-51(49)66-57(52,56(48)55)64-36-6-3/h6,15-16,23-24,29-32,38-40,44,47,52,54-56,60-61H,3-5,7-14,17-22,25-28,33-37,41H2,1-2H3/t44-,47+,52-,54?,55+,56+,57+/m0/s1. The van der Waals surface area contributed by atoms with Gasteiger partial charge in [0.15, 0.2) is 0 Å². The molecule has 4 aliphatic rings. The minimum absolute atomic E-state index is 0.113. The van der Waals surface area contributed by atoms with Crippen molar-refractivity contribution in [2.45, 2.75) is 173 Å². The van der Waals surface area contributed by atoms with Gasteiger partial charge in [-0.2, -0.15) is 0 Å². The van der Waals surface area contributed by atoms with Gasteiger partial charge >= 0.3 is 0 Å². The molecule has 1 unspecified atom stereocenters. The first-order chi connectivity index (χ1) is 32.9. The first kappa shape index (κ1) is 50.7. The third-order valence-electron chi connectivity index (χ3n) is 14.7. The molecule has 1 saturated heterocycles. The molecule has 0 radical (unpaired) electrons. The van der Waals surface area contributed by atoms with Crippen molar-refractivity contribution in [3.8, 4) is 17.2 Å². The molecule has 0 aromatic heterocycles. The predicted octanol–water partition coefficient (Wildman–Crippen LogP) is 13.0. The normalized spacial score (nSPS) is 24.9. The molecule has 2 N–H and O–H groups in total. The van der Waals surface area contributed by atoms with E-state index in [2.05, 4.69) is 61.7 Å². The van der Waals surface area contributed by atoms with Gasteiger partial charge in [0, 0.05) is 50.5 Å². The lowest BCUT2D eigenvalue weighted by Gasteiger charge is -2.60. The molecule has 10 nitrogen and oxygen atoms in total. The van der Waals surface area contributed by atoms with Gasteiger partial charge in [0.1, 0.15) is 23.3 Å². The van der Waals surface area contributed by atoms with Crippen LogP contribution in [0.2, 0.25) is 0 Å². The molecule has 1 saturated carbocycles. The van der Waals surface area contributed by atoms with Crippen LogP contribution in [0.3, 0.4) is 0 Å². The summed E-state index contributed by atoms with van der Waals surface area (Å²) in [5.74, 6) is 0.736. The number of carbonyl (C=O) groups is 1. The average molecular weight is 921 g/mol. The Morgan fingerprint density at radius 1 is 0.851 bits per heavy atom. The van der Waals surface area contributed by atoms with E-state index in [1.54, 1.807) is 6.08 Å². The van der Waals surface area contributed by atoms with Crippen molar-refractivity contribution >= 4 is 22.4 Å². The Kier molecular flexibility index (Phi) is 19.6. The van der Waals surface area contributed by atoms with Crippen LogP contribution in [0.5, 0.6) is 17.2 Å². The molecule has 7 atom stereocenters. The number of aliphatic hydroxyl groups excluding tert-OH is 2. The number of ether oxygens (including phenoxy) is 4. The van der Waals surface area contributed by atoms with Gasteiger partial charge in [0.25, 0.3) is 0 Å². The summed E-state index contributed by atoms with van der Waals surface area (Å²) in [5.41, 5.74) is 2.87. The van der Waals surface area contributed by atoms with Crippen LogP contribution >= 0.6 is 0 Å². The highest BCUT2D eigenvalue weighted by molar-refractivity contribution is 6.03. The molecule has 0 bridgehead atoms.